The monoisotopic (exact) mass is 442 g/mol. The van der Waals surface area contributed by atoms with Crippen molar-refractivity contribution in [3.8, 4) is 28.7 Å². The van der Waals surface area contributed by atoms with E-state index in [-0.39, 0.29) is 52.4 Å². The number of aromatic hydroxyl groups is 4. The number of ketones is 1. The van der Waals surface area contributed by atoms with Gasteiger partial charge in [-0.15, -0.1) is 0 Å². The summed E-state index contributed by atoms with van der Waals surface area (Å²) in [6.07, 6.45) is 0.433. The van der Waals surface area contributed by atoms with E-state index < -0.39 is 11.7 Å². The van der Waals surface area contributed by atoms with Gasteiger partial charge < -0.3 is 30.3 Å². The van der Waals surface area contributed by atoms with E-state index in [0.29, 0.717) is 30.4 Å². The number of fused-ring (bicyclic) bond motifs is 1. The highest BCUT2D eigenvalue weighted by Gasteiger charge is 2.35. The standard InChI is InChI=1S/C25H30O7/c1-13(2)14(7-8-25(3,4)31)9-17-19(28)11-20(29)23-21(30)12-22(32-24(17)23)16-6-5-15(26)10-18(16)27/h5-6,10-11,14,22,26-29,31H,1,7-9,12H2,2-4H3/t14?,22-/m0/s1. The fraction of sp³-hybridized carbons (Fsp3) is 0.400. The van der Waals surface area contributed by atoms with Gasteiger partial charge in [0.1, 0.15) is 40.4 Å². The number of hydrogen-bond acceptors (Lipinski definition) is 7. The molecule has 2 aromatic rings. The van der Waals surface area contributed by atoms with Crippen LogP contribution < -0.4 is 4.74 Å². The van der Waals surface area contributed by atoms with Crippen molar-refractivity contribution in [1.82, 2.24) is 0 Å². The van der Waals surface area contributed by atoms with Crippen LogP contribution in [0.25, 0.3) is 0 Å². The molecule has 0 aromatic heterocycles. The molecule has 1 aliphatic rings. The van der Waals surface area contributed by atoms with Gasteiger partial charge in [0.05, 0.1) is 12.0 Å². The molecule has 0 aliphatic carbocycles. The summed E-state index contributed by atoms with van der Waals surface area (Å²) in [7, 11) is 0. The van der Waals surface area contributed by atoms with Crippen LogP contribution in [-0.4, -0.2) is 36.9 Å². The van der Waals surface area contributed by atoms with Crippen molar-refractivity contribution in [3.63, 3.8) is 0 Å². The number of benzene rings is 2. The van der Waals surface area contributed by atoms with E-state index in [2.05, 4.69) is 6.58 Å². The zero-order chi connectivity index (χ0) is 23.8. The molecule has 0 fully saturated rings. The molecule has 0 amide bonds. The highest BCUT2D eigenvalue weighted by molar-refractivity contribution is 6.03. The van der Waals surface area contributed by atoms with E-state index in [1.807, 2.05) is 6.92 Å². The Bertz CT molecular complexity index is 1050. The van der Waals surface area contributed by atoms with Crippen LogP contribution in [0, 0.1) is 5.92 Å². The molecule has 1 heterocycles. The van der Waals surface area contributed by atoms with Gasteiger partial charge in [-0.05, 0) is 58.1 Å². The molecule has 5 N–H and O–H groups in total. The molecule has 0 saturated carbocycles. The second kappa shape index (κ2) is 8.74. The molecule has 0 saturated heterocycles. The number of aliphatic hydroxyl groups is 1. The van der Waals surface area contributed by atoms with Gasteiger partial charge >= 0.3 is 0 Å². The summed E-state index contributed by atoms with van der Waals surface area (Å²) in [5, 5.41) is 50.9. The molecular weight excluding hydrogens is 412 g/mol. The molecule has 1 aliphatic heterocycles. The predicted octanol–water partition coefficient (Wildman–Crippen LogP) is 4.50. The maximum absolute atomic E-state index is 12.9. The number of carbonyl (C=O) groups is 1. The summed E-state index contributed by atoms with van der Waals surface area (Å²) < 4.78 is 6.07. The average molecular weight is 443 g/mol. The average Bonchev–Trinajstić information content (AvgIpc) is 2.65. The largest absolute Gasteiger partial charge is 0.508 e. The Kier molecular flexibility index (Phi) is 6.41. The Hall–Kier alpha value is -3.19. The van der Waals surface area contributed by atoms with Gasteiger partial charge in [0, 0.05) is 23.3 Å². The van der Waals surface area contributed by atoms with E-state index in [9.17, 15) is 30.3 Å². The summed E-state index contributed by atoms with van der Waals surface area (Å²) in [4.78, 5) is 12.9. The van der Waals surface area contributed by atoms with E-state index >= 15 is 0 Å². The fourth-order valence-electron chi connectivity index (χ4n) is 4.00. The maximum atomic E-state index is 12.9. The number of allylic oxidation sites excluding steroid dienone is 1. The number of carbonyl (C=O) groups excluding carboxylic acids is 1. The quantitative estimate of drug-likeness (QED) is 0.399. The zero-order valence-electron chi connectivity index (χ0n) is 18.6. The Morgan fingerprint density at radius 2 is 1.84 bits per heavy atom. The van der Waals surface area contributed by atoms with Gasteiger partial charge in [-0.3, -0.25) is 4.79 Å². The molecule has 7 nitrogen and oxygen atoms in total. The molecule has 32 heavy (non-hydrogen) atoms. The van der Waals surface area contributed by atoms with Gasteiger partial charge in [-0.2, -0.15) is 0 Å². The lowest BCUT2D eigenvalue weighted by Crippen LogP contribution is -2.23. The van der Waals surface area contributed by atoms with Crippen LogP contribution in [0.5, 0.6) is 28.7 Å². The van der Waals surface area contributed by atoms with Crippen molar-refractivity contribution in [3.05, 3.63) is 53.1 Å². The maximum Gasteiger partial charge on any atom is 0.174 e. The van der Waals surface area contributed by atoms with Crippen LogP contribution >= 0.6 is 0 Å². The van der Waals surface area contributed by atoms with Gasteiger partial charge in [-0.1, -0.05) is 12.2 Å². The molecule has 0 spiro atoms. The van der Waals surface area contributed by atoms with Gasteiger partial charge in [0.15, 0.2) is 5.78 Å². The first-order valence-corrected chi connectivity index (χ1v) is 10.5. The van der Waals surface area contributed by atoms with Crippen molar-refractivity contribution >= 4 is 5.78 Å². The summed E-state index contributed by atoms with van der Waals surface area (Å²) in [6.45, 7) is 9.34. The molecule has 3 rings (SSSR count). The minimum absolute atomic E-state index is 0.00438. The first kappa shape index (κ1) is 23.5. The second-order valence-electron chi connectivity index (χ2n) is 9.17. The molecule has 2 atom stereocenters. The van der Waals surface area contributed by atoms with Crippen molar-refractivity contribution in [1.29, 1.82) is 0 Å². The lowest BCUT2D eigenvalue weighted by molar-refractivity contribution is 0.0650. The molecule has 172 valence electrons. The Morgan fingerprint density at radius 3 is 2.44 bits per heavy atom. The van der Waals surface area contributed by atoms with Gasteiger partial charge in [0.2, 0.25) is 0 Å². The molecule has 1 unspecified atom stereocenters. The lowest BCUT2D eigenvalue weighted by atomic mass is 9.84. The third kappa shape index (κ3) is 4.99. The number of phenolic OH excluding ortho intramolecular Hbond substituents is 4. The van der Waals surface area contributed by atoms with E-state index in [4.69, 9.17) is 4.74 Å². The Morgan fingerprint density at radius 1 is 1.16 bits per heavy atom. The normalized spacial score (nSPS) is 16.9. The van der Waals surface area contributed by atoms with Crippen molar-refractivity contribution in [2.75, 3.05) is 0 Å². The highest BCUT2D eigenvalue weighted by atomic mass is 16.5. The second-order valence-corrected chi connectivity index (χ2v) is 9.17. The Balaban J connectivity index is 2.02. The summed E-state index contributed by atoms with van der Waals surface area (Å²) in [6, 6.07) is 5.15. The van der Waals surface area contributed by atoms with Crippen LogP contribution in [0.15, 0.2) is 36.4 Å². The van der Waals surface area contributed by atoms with Crippen LogP contribution in [0.2, 0.25) is 0 Å². The fourth-order valence-corrected chi connectivity index (χ4v) is 4.00. The first-order valence-electron chi connectivity index (χ1n) is 10.5. The number of Topliss-reactive ketones (excluding diaryl/α,β-unsaturated/α-hetero) is 1. The van der Waals surface area contributed by atoms with Crippen molar-refractivity contribution in [2.45, 2.75) is 58.2 Å². The Labute approximate surface area is 187 Å². The van der Waals surface area contributed by atoms with Gasteiger partial charge in [-0.25, -0.2) is 0 Å². The molecular formula is C25H30O7. The summed E-state index contributed by atoms with van der Waals surface area (Å²) in [5.74, 6) is -1.34. The summed E-state index contributed by atoms with van der Waals surface area (Å²) in [5.41, 5.74) is 0.658. The van der Waals surface area contributed by atoms with Crippen LogP contribution in [-0.2, 0) is 6.42 Å². The third-order valence-corrected chi connectivity index (χ3v) is 5.86. The van der Waals surface area contributed by atoms with E-state index in [0.717, 1.165) is 17.7 Å². The number of rotatable bonds is 7. The molecule has 0 radical (unpaired) electrons. The lowest BCUT2D eigenvalue weighted by Gasteiger charge is -2.30. The van der Waals surface area contributed by atoms with E-state index in [1.165, 1.54) is 12.1 Å². The van der Waals surface area contributed by atoms with E-state index in [1.54, 1.807) is 13.8 Å². The number of hydrogen-bond donors (Lipinski definition) is 5. The predicted molar refractivity (Wildman–Crippen MR) is 119 cm³/mol. The number of phenols is 4. The minimum atomic E-state index is -0.863. The third-order valence-electron chi connectivity index (χ3n) is 5.86. The molecule has 7 heteroatoms. The molecule has 0 bridgehead atoms. The zero-order valence-corrected chi connectivity index (χ0v) is 18.6. The first-order chi connectivity index (χ1) is 14.9. The molecule has 2 aromatic carbocycles. The van der Waals surface area contributed by atoms with Crippen LogP contribution in [0.3, 0.4) is 0 Å². The van der Waals surface area contributed by atoms with Crippen molar-refractivity contribution in [2.24, 2.45) is 5.92 Å². The smallest absolute Gasteiger partial charge is 0.174 e. The highest BCUT2D eigenvalue weighted by Crippen LogP contribution is 2.47. The van der Waals surface area contributed by atoms with Crippen LogP contribution in [0.1, 0.15) is 67.6 Å². The SMILES string of the molecule is C=C(C)C(CCC(C)(C)O)Cc1c(O)cc(O)c2c1O[C@H](c1ccc(O)cc1O)CC2=O. The summed E-state index contributed by atoms with van der Waals surface area (Å²) >= 11 is 0. The van der Waals surface area contributed by atoms with Gasteiger partial charge in [0.25, 0.3) is 0 Å². The number of ether oxygens (including phenoxy) is 1. The minimum Gasteiger partial charge on any atom is -0.508 e. The van der Waals surface area contributed by atoms with Crippen LogP contribution in [0.4, 0.5) is 0 Å². The topological polar surface area (TPSA) is 127 Å². The van der Waals surface area contributed by atoms with Crippen molar-refractivity contribution < 1.29 is 35.1 Å².